The third-order valence-electron chi connectivity index (χ3n) is 2.03. The van der Waals surface area contributed by atoms with Gasteiger partial charge in [0.15, 0.2) is 0 Å². The van der Waals surface area contributed by atoms with Crippen molar-refractivity contribution in [1.29, 1.82) is 0 Å². The summed E-state index contributed by atoms with van der Waals surface area (Å²) >= 11 is 0. The molecule has 1 aromatic rings. The van der Waals surface area contributed by atoms with Crippen molar-refractivity contribution in [3.63, 3.8) is 0 Å². The number of hydrogen-bond acceptors (Lipinski definition) is 3. The van der Waals surface area contributed by atoms with Gasteiger partial charge in [0, 0.05) is 12.6 Å². The topological polar surface area (TPSA) is 83.5 Å². The number of benzene rings is 1. The van der Waals surface area contributed by atoms with Gasteiger partial charge in [-0.2, -0.15) is 0 Å². The summed E-state index contributed by atoms with van der Waals surface area (Å²) in [5.41, 5.74) is 6.80. The van der Waals surface area contributed by atoms with Gasteiger partial charge in [0.2, 0.25) is 0 Å². The maximum atomic E-state index is 10.5. The average Bonchev–Trinajstić information content (AvgIpc) is 2.18. The second-order valence-corrected chi connectivity index (χ2v) is 3.05. The van der Waals surface area contributed by atoms with Crippen molar-refractivity contribution in [1.82, 2.24) is 0 Å². The molecule has 0 spiro atoms. The molecule has 0 heterocycles. The van der Waals surface area contributed by atoms with E-state index in [-0.39, 0.29) is 30.6 Å². The molecule has 5 heteroatoms. The molecule has 84 valence electrons. The fourth-order valence-electron chi connectivity index (χ4n) is 1.18. The number of rotatable bonds is 4. The fourth-order valence-corrected chi connectivity index (χ4v) is 1.18. The summed E-state index contributed by atoms with van der Waals surface area (Å²) in [6.07, 6.45) is 0.479. The third-order valence-corrected chi connectivity index (χ3v) is 2.03. The van der Waals surface area contributed by atoms with Crippen LogP contribution in [0.2, 0.25) is 0 Å². The van der Waals surface area contributed by atoms with E-state index in [1.54, 1.807) is 12.1 Å². The van der Waals surface area contributed by atoms with Crippen LogP contribution >= 0.6 is 12.4 Å². The molecule has 0 bridgehead atoms. The van der Waals surface area contributed by atoms with E-state index in [2.05, 4.69) is 0 Å². The smallest absolute Gasteiger partial charge is 0.335 e. The lowest BCUT2D eigenvalue weighted by molar-refractivity contribution is 0.0697. The highest BCUT2D eigenvalue weighted by atomic mass is 35.5. The van der Waals surface area contributed by atoms with Crippen LogP contribution in [0.4, 0.5) is 0 Å². The molecule has 4 nitrogen and oxygen atoms in total. The minimum Gasteiger partial charge on any atom is -0.478 e. The molecule has 0 saturated carbocycles. The molecule has 0 amide bonds. The Labute approximate surface area is 94.1 Å². The summed E-state index contributed by atoms with van der Waals surface area (Å²) in [5.74, 6) is -0.952. The van der Waals surface area contributed by atoms with Crippen LogP contribution in [0, 0.1) is 0 Å². The molecule has 0 radical (unpaired) electrons. The van der Waals surface area contributed by atoms with E-state index in [1.807, 2.05) is 0 Å². The van der Waals surface area contributed by atoms with E-state index in [0.717, 1.165) is 5.56 Å². The first-order chi connectivity index (χ1) is 6.65. The Balaban J connectivity index is 0.00000196. The van der Waals surface area contributed by atoms with E-state index in [4.69, 9.17) is 15.9 Å². The first-order valence-corrected chi connectivity index (χ1v) is 4.35. The number of aliphatic hydroxyl groups is 1. The van der Waals surface area contributed by atoms with Crippen LogP contribution in [0.1, 0.15) is 28.4 Å². The minimum atomic E-state index is -0.952. The van der Waals surface area contributed by atoms with E-state index < -0.39 is 5.97 Å². The summed E-state index contributed by atoms with van der Waals surface area (Å²) in [6, 6.07) is 6.13. The predicted octanol–water partition coefficient (Wildman–Crippen LogP) is 1.19. The standard InChI is InChI=1S/C10H13NO3.ClH/c11-9(5-6-12)7-1-3-8(4-2-7)10(13)14;/h1-4,9,12H,5-6,11H2,(H,13,14);1H/t9-;/m1./s1. The van der Waals surface area contributed by atoms with Gasteiger partial charge in [0.25, 0.3) is 0 Å². The Hall–Kier alpha value is -1.10. The SMILES string of the molecule is Cl.N[C@H](CCO)c1ccc(C(=O)O)cc1. The van der Waals surface area contributed by atoms with E-state index in [1.165, 1.54) is 12.1 Å². The molecule has 1 aromatic carbocycles. The summed E-state index contributed by atoms with van der Waals surface area (Å²) in [5, 5.41) is 17.3. The van der Waals surface area contributed by atoms with Gasteiger partial charge in [0.05, 0.1) is 5.56 Å². The van der Waals surface area contributed by atoms with E-state index in [9.17, 15) is 4.79 Å². The highest BCUT2D eigenvalue weighted by Gasteiger charge is 2.06. The van der Waals surface area contributed by atoms with Gasteiger partial charge in [-0.25, -0.2) is 4.79 Å². The molecule has 0 unspecified atom stereocenters. The summed E-state index contributed by atoms with van der Waals surface area (Å²) in [4.78, 5) is 10.5. The fraction of sp³-hybridized carbons (Fsp3) is 0.300. The second kappa shape index (κ2) is 6.40. The Bertz CT molecular complexity index is 313. The highest BCUT2D eigenvalue weighted by molar-refractivity contribution is 5.87. The first kappa shape index (κ1) is 13.9. The zero-order valence-electron chi connectivity index (χ0n) is 8.09. The van der Waals surface area contributed by atoms with Gasteiger partial charge in [0.1, 0.15) is 0 Å². The first-order valence-electron chi connectivity index (χ1n) is 4.35. The second-order valence-electron chi connectivity index (χ2n) is 3.05. The quantitative estimate of drug-likeness (QED) is 0.727. The molecule has 0 aliphatic heterocycles. The number of halogens is 1. The predicted molar refractivity (Wildman–Crippen MR) is 59.3 cm³/mol. The number of hydrogen-bond donors (Lipinski definition) is 3. The van der Waals surface area contributed by atoms with Crippen molar-refractivity contribution in [3.05, 3.63) is 35.4 Å². The number of carboxylic acid groups (broad SMARTS) is 1. The van der Waals surface area contributed by atoms with Crippen LogP contribution < -0.4 is 5.73 Å². The highest BCUT2D eigenvalue weighted by Crippen LogP contribution is 2.14. The Morgan fingerprint density at radius 2 is 1.87 bits per heavy atom. The van der Waals surface area contributed by atoms with Crippen LogP contribution in [0.3, 0.4) is 0 Å². The van der Waals surface area contributed by atoms with Crippen LogP contribution in [0.25, 0.3) is 0 Å². The minimum absolute atomic E-state index is 0. The summed E-state index contributed by atoms with van der Waals surface area (Å²) < 4.78 is 0. The summed E-state index contributed by atoms with van der Waals surface area (Å²) in [7, 11) is 0. The number of nitrogens with two attached hydrogens (primary N) is 1. The Kier molecular flexibility index (Phi) is 5.93. The molecule has 1 rings (SSSR count). The summed E-state index contributed by atoms with van der Waals surface area (Å²) in [6.45, 7) is 0.0296. The Morgan fingerprint density at radius 3 is 2.27 bits per heavy atom. The van der Waals surface area contributed by atoms with Gasteiger partial charge in [-0.1, -0.05) is 12.1 Å². The lowest BCUT2D eigenvalue weighted by atomic mass is 10.0. The normalized spacial score (nSPS) is 11.6. The van der Waals surface area contributed by atoms with Crippen LogP contribution in [-0.4, -0.2) is 22.8 Å². The number of aromatic carboxylic acids is 1. The van der Waals surface area contributed by atoms with Crippen LogP contribution in [0.15, 0.2) is 24.3 Å². The van der Waals surface area contributed by atoms with Gasteiger partial charge >= 0.3 is 5.97 Å². The lowest BCUT2D eigenvalue weighted by Crippen LogP contribution is -2.12. The van der Waals surface area contributed by atoms with Crippen LogP contribution in [0.5, 0.6) is 0 Å². The van der Waals surface area contributed by atoms with Crippen molar-refractivity contribution in [2.24, 2.45) is 5.73 Å². The molecule has 4 N–H and O–H groups in total. The van der Waals surface area contributed by atoms with Gasteiger partial charge in [-0.05, 0) is 24.1 Å². The number of aliphatic hydroxyl groups excluding tert-OH is 1. The largest absolute Gasteiger partial charge is 0.478 e. The monoisotopic (exact) mass is 231 g/mol. The number of carbonyl (C=O) groups is 1. The maximum Gasteiger partial charge on any atom is 0.335 e. The molecule has 0 aliphatic rings. The molecule has 15 heavy (non-hydrogen) atoms. The van der Waals surface area contributed by atoms with Crippen LogP contribution in [-0.2, 0) is 0 Å². The Morgan fingerprint density at radius 1 is 1.33 bits per heavy atom. The average molecular weight is 232 g/mol. The maximum absolute atomic E-state index is 10.5. The van der Waals surface area contributed by atoms with Gasteiger partial charge < -0.3 is 15.9 Å². The zero-order chi connectivity index (χ0) is 10.6. The van der Waals surface area contributed by atoms with E-state index in [0.29, 0.717) is 6.42 Å². The van der Waals surface area contributed by atoms with Crippen molar-refractivity contribution in [2.75, 3.05) is 6.61 Å². The third kappa shape index (κ3) is 3.87. The van der Waals surface area contributed by atoms with Gasteiger partial charge in [-0.3, -0.25) is 0 Å². The van der Waals surface area contributed by atoms with Crippen molar-refractivity contribution in [2.45, 2.75) is 12.5 Å². The lowest BCUT2D eigenvalue weighted by Gasteiger charge is -2.09. The number of carboxylic acids is 1. The van der Waals surface area contributed by atoms with Gasteiger partial charge in [-0.15, -0.1) is 12.4 Å². The molecule has 0 aliphatic carbocycles. The zero-order valence-corrected chi connectivity index (χ0v) is 8.91. The molecular formula is C10H14ClNO3. The van der Waals surface area contributed by atoms with Crippen molar-refractivity contribution < 1.29 is 15.0 Å². The molecule has 0 fully saturated rings. The van der Waals surface area contributed by atoms with Crippen molar-refractivity contribution >= 4 is 18.4 Å². The molecule has 0 saturated heterocycles. The van der Waals surface area contributed by atoms with Crippen molar-refractivity contribution in [3.8, 4) is 0 Å². The molecule has 1 atom stereocenters. The molecular weight excluding hydrogens is 218 g/mol. The van der Waals surface area contributed by atoms with E-state index >= 15 is 0 Å². The molecule has 0 aromatic heterocycles.